The molecule has 1 atom stereocenters. The van der Waals surface area contributed by atoms with Crippen LogP contribution in [0.3, 0.4) is 0 Å². The molecule has 2 aliphatic heterocycles. The van der Waals surface area contributed by atoms with Gasteiger partial charge in [-0.2, -0.15) is 0 Å². The van der Waals surface area contributed by atoms with Crippen molar-refractivity contribution < 1.29 is 23.6 Å². The van der Waals surface area contributed by atoms with Gasteiger partial charge in [0.1, 0.15) is 23.9 Å². The Morgan fingerprint density at radius 3 is 2.49 bits per heavy atom. The fraction of sp³-hybridized carbons (Fsp3) is 0.370. The number of aryl methyl sites for hydroxylation is 2. The number of nitrogens with zero attached hydrogens (tertiary/aromatic N) is 3. The third kappa shape index (κ3) is 4.73. The van der Waals surface area contributed by atoms with Crippen molar-refractivity contribution in [3.05, 3.63) is 71.1 Å². The number of ether oxygens (including phenoxy) is 2. The standard InChI is InChI=1S/C27H29N3O5/c1-18-22(19(2)35-28-18)17-33-21-12-10-20(11-13-21)26(31)30-16-25(27(32)29-14-6-3-7-15-29)34-24-9-5-4-8-23(24)30/h4-5,8-13,25H,3,6-7,14-17H2,1-2H3. The van der Waals surface area contributed by atoms with Gasteiger partial charge < -0.3 is 23.8 Å². The molecule has 5 rings (SSSR count). The second kappa shape index (κ2) is 9.82. The average molecular weight is 476 g/mol. The van der Waals surface area contributed by atoms with Gasteiger partial charge >= 0.3 is 0 Å². The molecule has 2 aromatic carbocycles. The summed E-state index contributed by atoms with van der Waals surface area (Å²) in [6.45, 7) is 5.72. The molecule has 0 spiro atoms. The van der Waals surface area contributed by atoms with Gasteiger partial charge in [-0.3, -0.25) is 9.59 Å². The summed E-state index contributed by atoms with van der Waals surface area (Å²) in [4.78, 5) is 30.2. The molecule has 0 N–H and O–H groups in total. The number of benzene rings is 2. The van der Waals surface area contributed by atoms with Gasteiger partial charge in [-0.25, -0.2) is 0 Å². The van der Waals surface area contributed by atoms with Gasteiger partial charge in [0.15, 0.2) is 6.10 Å². The number of anilines is 1. The Kier molecular flexibility index (Phi) is 6.44. The van der Waals surface area contributed by atoms with E-state index in [1.165, 1.54) is 0 Å². The minimum absolute atomic E-state index is 0.0555. The highest BCUT2D eigenvalue weighted by Crippen LogP contribution is 2.35. The van der Waals surface area contributed by atoms with E-state index in [1.807, 2.05) is 36.9 Å². The number of carbonyl (C=O) groups is 2. The summed E-state index contributed by atoms with van der Waals surface area (Å²) in [5.74, 6) is 1.67. The fourth-order valence-corrected chi connectivity index (χ4v) is 4.59. The lowest BCUT2D eigenvalue weighted by molar-refractivity contribution is -0.139. The number of fused-ring (bicyclic) bond motifs is 1. The van der Waals surface area contributed by atoms with Crippen molar-refractivity contribution >= 4 is 17.5 Å². The first-order valence-corrected chi connectivity index (χ1v) is 12.0. The summed E-state index contributed by atoms with van der Waals surface area (Å²) >= 11 is 0. The Morgan fingerprint density at radius 1 is 1.03 bits per heavy atom. The van der Waals surface area contributed by atoms with Gasteiger partial charge in [0.25, 0.3) is 11.8 Å². The summed E-state index contributed by atoms with van der Waals surface area (Å²) in [6.07, 6.45) is 2.43. The van der Waals surface area contributed by atoms with Crippen molar-refractivity contribution in [3.8, 4) is 11.5 Å². The predicted molar refractivity (Wildman–Crippen MR) is 130 cm³/mol. The minimum Gasteiger partial charge on any atom is -0.489 e. The van der Waals surface area contributed by atoms with E-state index in [0.717, 1.165) is 49.4 Å². The molecule has 0 radical (unpaired) electrons. The summed E-state index contributed by atoms with van der Waals surface area (Å²) in [6, 6.07) is 14.4. The highest BCUT2D eigenvalue weighted by atomic mass is 16.5. The molecule has 2 aliphatic rings. The van der Waals surface area contributed by atoms with E-state index in [-0.39, 0.29) is 18.4 Å². The second-order valence-electron chi connectivity index (χ2n) is 8.99. The molecule has 2 amide bonds. The summed E-state index contributed by atoms with van der Waals surface area (Å²) in [5.41, 5.74) is 2.89. The van der Waals surface area contributed by atoms with E-state index in [4.69, 9.17) is 14.0 Å². The zero-order chi connectivity index (χ0) is 24.4. The predicted octanol–water partition coefficient (Wildman–Crippen LogP) is 4.29. The van der Waals surface area contributed by atoms with Crippen molar-refractivity contribution in [1.82, 2.24) is 10.1 Å². The van der Waals surface area contributed by atoms with E-state index in [0.29, 0.717) is 29.4 Å². The lowest BCUT2D eigenvalue weighted by atomic mass is 10.1. The van der Waals surface area contributed by atoms with Gasteiger partial charge in [0.05, 0.1) is 23.5 Å². The van der Waals surface area contributed by atoms with Crippen LogP contribution < -0.4 is 14.4 Å². The van der Waals surface area contributed by atoms with Crippen LogP contribution in [-0.4, -0.2) is 47.6 Å². The molecule has 0 bridgehead atoms. The smallest absolute Gasteiger partial charge is 0.265 e. The topological polar surface area (TPSA) is 85.1 Å². The SMILES string of the molecule is Cc1noc(C)c1COc1ccc(C(=O)N2CC(C(=O)N3CCCCC3)Oc3ccccc32)cc1. The number of aromatic nitrogens is 1. The summed E-state index contributed by atoms with van der Waals surface area (Å²) in [5, 5.41) is 3.94. The van der Waals surface area contributed by atoms with Gasteiger partial charge in [0.2, 0.25) is 0 Å². The van der Waals surface area contributed by atoms with Gasteiger partial charge in [-0.05, 0) is 69.5 Å². The molecular formula is C27H29N3O5. The molecule has 3 heterocycles. The van der Waals surface area contributed by atoms with E-state index < -0.39 is 6.10 Å². The van der Waals surface area contributed by atoms with E-state index >= 15 is 0 Å². The normalized spacial score (nSPS) is 17.5. The van der Waals surface area contributed by atoms with E-state index in [9.17, 15) is 9.59 Å². The molecule has 35 heavy (non-hydrogen) atoms. The highest BCUT2D eigenvalue weighted by molar-refractivity contribution is 6.08. The molecule has 182 valence electrons. The van der Waals surface area contributed by atoms with Crippen LogP contribution in [0.2, 0.25) is 0 Å². The molecular weight excluding hydrogens is 446 g/mol. The Hall–Kier alpha value is -3.81. The average Bonchev–Trinajstić information content (AvgIpc) is 3.23. The molecule has 1 unspecified atom stereocenters. The van der Waals surface area contributed by atoms with Crippen molar-refractivity contribution in [2.45, 2.75) is 45.8 Å². The number of carbonyl (C=O) groups excluding carboxylic acids is 2. The Morgan fingerprint density at radius 2 is 1.77 bits per heavy atom. The molecule has 1 aromatic heterocycles. The van der Waals surface area contributed by atoms with Crippen molar-refractivity contribution in [3.63, 3.8) is 0 Å². The number of para-hydroxylation sites is 2. The van der Waals surface area contributed by atoms with E-state index in [1.54, 1.807) is 35.2 Å². The molecule has 1 saturated heterocycles. The first kappa shape index (κ1) is 23.0. The monoisotopic (exact) mass is 475 g/mol. The van der Waals surface area contributed by atoms with Crippen LogP contribution in [0, 0.1) is 13.8 Å². The number of hydrogen-bond acceptors (Lipinski definition) is 6. The third-order valence-corrected chi connectivity index (χ3v) is 6.63. The maximum absolute atomic E-state index is 13.5. The zero-order valence-corrected chi connectivity index (χ0v) is 20.0. The minimum atomic E-state index is -0.718. The maximum atomic E-state index is 13.5. The zero-order valence-electron chi connectivity index (χ0n) is 20.0. The Bertz CT molecular complexity index is 1190. The van der Waals surface area contributed by atoms with Crippen LogP contribution in [0.25, 0.3) is 0 Å². The summed E-state index contributed by atoms with van der Waals surface area (Å²) < 4.78 is 17.1. The highest BCUT2D eigenvalue weighted by Gasteiger charge is 2.36. The Balaban J connectivity index is 1.32. The molecule has 8 nitrogen and oxygen atoms in total. The Labute approximate surface area is 204 Å². The van der Waals surface area contributed by atoms with Crippen LogP contribution >= 0.6 is 0 Å². The molecule has 3 aromatic rings. The molecule has 0 saturated carbocycles. The third-order valence-electron chi connectivity index (χ3n) is 6.63. The first-order chi connectivity index (χ1) is 17.0. The van der Waals surface area contributed by atoms with Crippen LogP contribution in [0.15, 0.2) is 53.1 Å². The number of likely N-dealkylation sites (tertiary alicyclic amines) is 1. The van der Waals surface area contributed by atoms with Crippen LogP contribution in [0.5, 0.6) is 11.5 Å². The molecule has 1 fully saturated rings. The van der Waals surface area contributed by atoms with E-state index in [2.05, 4.69) is 5.16 Å². The van der Waals surface area contributed by atoms with Crippen molar-refractivity contribution in [2.24, 2.45) is 0 Å². The summed E-state index contributed by atoms with van der Waals surface area (Å²) in [7, 11) is 0. The number of hydrogen-bond donors (Lipinski definition) is 0. The molecule has 0 aliphatic carbocycles. The van der Waals surface area contributed by atoms with Crippen molar-refractivity contribution in [2.75, 3.05) is 24.5 Å². The quantitative estimate of drug-likeness (QED) is 0.547. The lowest BCUT2D eigenvalue weighted by Crippen LogP contribution is -2.52. The number of rotatable bonds is 5. The van der Waals surface area contributed by atoms with Gasteiger partial charge in [-0.15, -0.1) is 0 Å². The fourth-order valence-electron chi connectivity index (χ4n) is 4.59. The van der Waals surface area contributed by atoms with Crippen LogP contribution in [-0.2, 0) is 11.4 Å². The van der Waals surface area contributed by atoms with Crippen LogP contribution in [0.4, 0.5) is 5.69 Å². The maximum Gasteiger partial charge on any atom is 0.265 e. The number of piperidine rings is 1. The van der Waals surface area contributed by atoms with Crippen molar-refractivity contribution in [1.29, 1.82) is 0 Å². The second-order valence-corrected chi connectivity index (χ2v) is 8.99. The largest absolute Gasteiger partial charge is 0.489 e. The first-order valence-electron chi connectivity index (χ1n) is 12.0. The molecule has 8 heteroatoms. The lowest BCUT2D eigenvalue weighted by Gasteiger charge is -2.37. The van der Waals surface area contributed by atoms with Gasteiger partial charge in [0, 0.05) is 18.7 Å². The van der Waals surface area contributed by atoms with Gasteiger partial charge in [-0.1, -0.05) is 17.3 Å². The number of amides is 2. The van der Waals surface area contributed by atoms with Crippen LogP contribution in [0.1, 0.15) is 46.6 Å².